The quantitative estimate of drug-likeness (QED) is 0.311. The highest BCUT2D eigenvalue weighted by molar-refractivity contribution is 5.90. The van der Waals surface area contributed by atoms with Gasteiger partial charge in [0.05, 0.1) is 0 Å². The van der Waals surface area contributed by atoms with Crippen molar-refractivity contribution >= 4 is 22.9 Å². The van der Waals surface area contributed by atoms with Gasteiger partial charge < -0.3 is 4.98 Å². The van der Waals surface area contributed by atoms with Gasteiger partial charge in [-0.3, -0.25) is 14.9 Å². The first kappa shape index (κ1) is 20.0. The van der Waals surface area contributed by atoms with E-state index in [4.69, 9.17) is 5.21 Å². The smallest absolute Gasteiger partial charge is 0.267 e. The van der Waals surface area contributed by atoms with Crippen LogP contribution < -0.4 is 5.48 Å². The fourth-order valence-electron chi connectivity index (χ4n) is 5.64. The lowest BCUT2D eigenvalue weighted by atomic mass is 9.98. The van der Waals surface area contributed by atoms with Gasteiger partial charge in [0.1, 0.15) is 0 Å². The first-order chi connectivity index (χ1) is 15.2. The molecule has 0 radical (unpaired) electrons. The summed E-state index contributed by atoms with van der Waals surface area (Å²) in [5, 5.41) is 9.96. The molecule has 5 nitrogen and oxygen atoms in total. The van der Waals surface area contributed by atoms with Crippen LogP contribution in [0.2, 0.25) is 0 Å². The second-order valence-corrected chi connectivity index (χ2v) is 8.93. The maximum Gasteiger partial charge on any atom is 0.267 e. The molecule has 160 valence electrons. The Morgan fingerprint density at radius 3 is 2.84 bits per heavy atom. The van der Waals surface area contributed by atoms with E-state index in [9.17, 15) is 4.79 Å². The summed E-state index contributed by atoms with van der Waals surface area (Å²) >= 11 is 0. The van der Waals surface area contributed by atoms with Gasteiger partial charge >= 0.3 is 0 Å². The highest BCUT2D eigenvalue weighted by Crippen LogP contribution is 2.43. The van der Waals surface area contributed by atoms with Crippen molar-refractivity contribution in [3.8, 4) is 0 Å². The molecule has 5 heteroatoms. The lowest BCUT2D eigenvalue weighted by Crippen LogP contribution is -2.36. The number of amides is 1. The molecule has 3 N–H and O–H groups in total. The minimum atomic E-state index is -0.520. The highest BCUT2D eigenvalue weighted by Gasteiger charge is 2.43. The predicted octanol–water partition coefficient (Wildman–Crippen LogP) is 4.67. The molecule has 1 aliphatic carbocycles. The molecule has 1 aliphatic heterocycles. The van der Waals surface area contributed by atoms with Crippen molar-refractivity contribution in [2.24, 2.45) is 5.92 Å². The van der Waals surface area contributed by atoms with Crippen LogP contribution in [-0.2, 0) is 17.8 Å². The van der Waals surface area contributed by atoms with Gasteiger partial charge in [-0.15, -0.1) is 0 Å². The SMILES string of the molecule is O=C(/C=C/c1ccc(CN2[C@@H](Cc3c[nH]c4ccccc34)C[C@H]3CCC[C@H]32)cc1)NO. The predicted molar refractivity (Wildman–Crippen MR) is 122 cm³/mol. The number of carbonyl (C=O) groups excluding carboxylic acids is 1. The van der Waals surface area contributed by atoms with Crippen LogP contribution in [0, 0.1) is 5.92 Å². The van der Waals surface area contributed by atoms with E-state index in [1.54, 1.807) is 11.6 Å². The zero-order chi connectivity index (χ0) is 21.2. The average molecular weight is 416 g/mol. The van der Waals surface area contributed by atoms with Crippen LogP contribution in [0.3, 0.4) is 0 Å². The Hall–Kier alpha value is -2.89. The Kier molecular flexibility index (Phi) is 5.62. The molecule has 1 aromatic heterocycles. The van der Waals surface area contributed by atoms with E-state index in [-0.39, 0.29) is 0 Å². The Balaban J connectivity index is 1.33. The summed E-state index contributed by atoms with van der Waals surface area (Å²) in [7, 11) is 0. The van der Waals surface area contributed by atoms with Crippen LogP contribution in [0.1, 0.15) is 42.4 Å². The maximum absolute atomic E-state index is 11.2. The van der Waals surface area contributed by atoms with E-state index in [1.165, 1.54) is 53.8 Å². The number of hydroxylamine groups is 1. The van der Waals surface area contributed by atoms with Gasteiger partial charge in [-0.25, -0.2) is 5.48 Å². The van der Waals surface area contributed by atoms with Gasteiger partial charge in [0.2, 0.25) is 0 Å². The largest absolute Gasteiger partial charge is 0.361 e. The van der Waals surface area contributed by atoms with E-state index < -0.39 is 5.91 Å². The third-order valence-electron chi connectivity index (χ3n) is 7.10. The Morgan fingerprint density at radius 2 is 2.00 bits per heavy atom. The van der Waals surface area contributed by atoms with E-state index in [1.807, 2.05) is 12.1 Å². The van der Waals surface area contributed by atoms with Crippen molar-refractivity contribution in [3.63, 3.8) is 0 Å². The zero-order valence-corrected chi connectivity index (χ0v) is 17.6. The summed E-state index contributed by atoms with van der Waals surface area (Å²) in [6.45, 7) is 0.968. The number of fused-ring (bicyclic) bond motifs is 2. The number of likely N-dealkylation sites (tertiary alicyclic amines) is 1. The topological polar surface area (TPSA) is 68.4 Å². The number of hydrogen-bond acceptors (Lipinski definition) is 3. The normalized spacial score (nSPS) is 23.6. The van der Waals surface area contributed by atoms with Gasteiger partial charge in [0.15, 0.2) is 0 Å². The van der Waals surface area contributed by atoms with Crippen LogP contribution >= 0.6 is 0 Å². The standard InChI is InChI=1S/C26H29N3O2/c30-26(28-31)13-12-18-8-10-19(11-9-18)17-29-22(14-20-4-3-7-25(20)29)15-21-16-27-24-6-2-1-5-23(21)24/h1-2,5-6,8-13,16,20,22,25,27,31H,3-4,7,14-15,17H2,(H,28,30)/b13-12+/t20-,22-,25-/m1/s1. The number of aromatic amines is 1. The number of carbonyl (C=O) groups is 1. The molecular formula is C26H29N3O2. The number of H-pyrrole nitrogens is 1. The number of nitrogens with zero attached hydrogens (tertiary/aromatic N) is 1. The van der Waals surface area contributed by atoms with E-state index >= 15 is 0 Å². The Bertz CT molecular complexity index is 1090. The van der Waals surface area contributed by atoms with Crippen LogP contribution in [0.25, 0.3) is 17.0 Å². The third-order valence-corrected chi connectivity index (χ3v) is 7.10. The molecule has 1 amide bonds. The summed E-state index contributed by atoms with van der Waals surface area (Å²) in [5.74, 6) is 0.308. The van der Waals surface area contributed by atoms with Crippen molar-refractivity contribution in [1.82, 2.24) is 15.4 Å². The van der Waals surface area contributed by atoms with Gasteiger partial charge in [0, 0.05) is 41.8 Å². The lowest BCUT2D eigenvalue weighted by Gasteiger charge is -2.30. The molecule has 2 aromatic carbocycles. The molecule has 3 aromatic rings. The molecule has 1 saturated heterocycles. The number of nitrogens with one attached hydrogen (secondary N) is 2. The highest BCUT2D eigenvalue weighted by atomic mass is 16.5. The molecule has 1 saturated carbocycles. The molecule has 3 atom stereocenters. The molecule has 2 fully saturated rings. The average Bonchev–Trinajstić information content (AvgIpc) is 3.50. The molecule has 0 bridgehead atoms. The summed E-state index contributed by atoms with van der Waals surface area (Å²) in [4.78, 5) is 17.4. The van der Waals surface area contributed by atoms with Crippen molar-refractivity contribution in [3.05, 3.63) is 77.5 Å². The number of para-hydroxylation sites is 1. The zero-order valence-electron chi connectivity index (χ0n) is 17.6. The monoisotopic (exact) mass is 415 g/mol. The van der Waals surface area contributed by atoms with Crippen molar-refractivity contribution in [2.75, 3.05) is 0 Å². The summed E-state index contributed by atoms with van der Waals surface area (Å²) in [5.41, 5.74) is 6.52. The summed E-state index contributed by atoms with van der Waals surface area (Å²) < 4.78 is 0. The van der Waals surface area contributed by atoms with Gasteiger partial charge in [-0.1, -0.05) is 48.9 Å². The molecule has 2 aliphatic rings. The number of hydrogen-bond donors (Lipinski definition) is 3. The molecule has 0 spiro atoms. The van der Waals surface area contributed by atoms with E-state index in [0.29, 0.717) is 12.1 Å². The van der Waals surface area contributed by atoms with Crippen LogP contribution in [0.5, 0.6) is 0 Å². The lowest BCUT2D eigenvalue weighted by molar-refractivity contribution is -0.124. The fraction of sp³-hybridized carbons (Fsp3) is 0.346. The van der Waals surface area contributed by atoms with Gasteiger partial charge in [-0.2, -0.15) is 0 Å². The van der Waals surface area contributed by atoms with E-state index in [2.05, 4.69) is 52.5 Å². The number of rotatable bonds is 6. The molecule has 5 rings (SSSR count). The van der Waals surface area contributed by atoms with Crippen molar-refractivity contribution < 1.29 is 10.0 Å². The molecule has 0 unspecified atom stereocenters. The van der Waals surface area contributed by atoms with Crippen molar-refractivity contribution in [1.29, 1.82) is 0 Å². The number of aromatic nitrogens is 1. The first-order valence-electron chi connectivity index (χ1n) is 11.2. The van der Waals surface area contributed by atoms with Crippen molar-refractivity contribution in [2.45, 2.75) is 50.7 Å². The van der Waals surface area contributed by atoms with Gasteiger partial charge in [-0.05, 0) is 60.4 Å². The molecule has 2 heterocycles. The van der Waals surface area contributed by atoms with Crippen LogP contribution in [-0.4, -0.2) is 33.1 Å². The minimum absolute atomic E-state index is 0.520. The molecular weight excluding hydrogens is 386 g/mol. The third kappa shape index (κ3) is 4.16. The van der Waals surface area contributed by atoms with Crippen LogP contribution in [0.4, 0.5) is 0 Å². The first-order valence-corrected chi connectivity index (χ1v) is 11.2. The fourth-order valence-corrected chi connectivity index (χ4v) is 5.64. The Morgan fingerprint density at radius 1 is 1.16 bits per heavy atom. The van der Waals surface area contributed by atoms with E-state index in [0.717, 1.165) is 24.4 Å². The Labute approximate surface area is 182 Å². The maximum atomic E-state index is 11.2. The van der Waals surface area contributed by atoms with Crippen LogP contribution in [0.15, 0.2) is 60.8 Å². The molecule has 31 heavy (non-hydrogen) atoms. The summed E-state index contributed by atoms with van der Waals surface area (Å²) in [6, 6.07) is 18.2. The second-order valence-electron chi connectivity index (χ2n) is 8.93. The minimum Gasteiger partial charge on any atom is -0.361 e. The summed E-state index contributed by atoms with van der Waals surface area (Å²) in [6.07, 6.45) is 11.6. The second kappa shape index (κ2) is 8.69. The van der Waals surface area contributed by atoms with Gasteiger partial charge in [0.25, 0.3) is 5.91 Å². The number of benzene rings is 2.